The maximum absolute atomic E-state index is 14.0. The summed E-state index contributed by atoms with van der Waals surface area (Å²) in [5.41, 5.74) is -0.0178. The third-order valence-corrected chi connectivity index (χ3v) is 9.28. The fraction of sp³-hybridized carbons (Fsp3) is 0.545. The van der Waals surface area contributed by atoms with Gasteiger partial charge in [-0.2, -0.15) is 0 Å². The first-order chi connectivity index (χ1) is 21.5. The number of carbonyl (C=O) groups excluding carboxylic acids is 3. The van der Waals surface area contributed by atoms with Crippen LogP contribution in [0.15, 0.2) is 46.3 Å². The Morgan fingerprint density at radius 2 is 1.82 bits per heavy atom. The first-order valence-corrected chi connectivity index (χ1v) is 15.2. The summed E-state index contributed by atoms with van der Waals surface area (Å²) < 4.78 is 39.0. The zero-order valence-electron chi connectivity index (χ0n) is 26.0. The van der Waals surface area contributed by atoms with Crippen molar-refractivity contribution in [3.05, 3.63) is 58.7 Å². The van der Waals surface area contributed by atoms with Gasteiger partial charge in [0.25, 0.3) is 0 Å². The highest BCUT2D eigenvalue weighted by molar-refractivity contribution is 5.87. The normalized spacial score (nSPS) is 23.1. The SMILES string of the molecule is COC(=O)CC(O)(CCCC(C)(C)OC(=O)c1ccco1)C(=O)OC1C(OC)=C2CCN3CCc4cc5c(cc4C1C23)OCO5. The molecule has 1 fully saturated rings. The van der Waals surface area contributed by atoms with E-state index in [1.54, 1.807) is 27.0 Å². The second-order valence-corrected chi connectivity index (χ2v) is 12.6. The molecule has 12 heteroatoms. The summed E-state index contributed by atoms with van der Waals surface area (Å²) in [7, 11) is 2.75. The lowest BCUT2D eigenvalue weighted by molar-refractivity contribution is -0.178. The molecule has 4 heterocycles. The van der Waals surface area contributed by atoms with Crippen LogP contribution in [0.3, 0.4) is 0 Å². The van der Waals surface area contributed by atoms with Gasteiger partial charge in [-0.15, -0.1) is 0 Å². The lowest BCUT2D eigenvalue weighted by atomic mass is 9.86. The van der Waals surface area contributed by atoms with Gasteiger partial charge in [0.1, 0.15) is 11.4 Å². The Morgan fingerprint density at radius 1 is 1.07 bits per heavy atom. The Morgan fingerprint density at radius 3 is 2.53 bits per heavy atom. The summed E-state index contributed by atoms with van der Waals surface area (Å²) in [6, 6.07) is 7.01. The Hall–Kier alpha value is -4.03. The molecule has 1 aliphatic carbocycles. The number of hydrogen-bond acceptors (Lipinski definition) is 12. The number of hydrogen-bond donors (Lipinski definition) is 1. The summed E-state index contributed by atoms with van der Waals surface area (Å²) in [6.45, 7) is 5.27. The van der Waals surface area contributed by atoms with Crippen LogP contribution in [0.1, 0.15) is 73.6 Å². The van der Waals surface area contributed by atoms with Crippen LogP contribution in [0.2, 0.25) is 0 Å². The number of aliphatic hydroxyl groups is 1. The van der Waals surface area contributed by atoms with Gasteiger partial charge in [-0.25, -0.2) is 9.59 Å². The fourth-order valence-corrected chi connectivity index (χ4v) is 7.10. The lowest BCUT2D eigenvalue weighted by Gasteiger charge is -2.33. The van der Waals surface area contributed by atoms with E-state index >= 15 is 0 Å². The number of methoxy groups -OCH3 is 2. The van der Waals surface area contributed by atoms with Crippen LogP contribution < -0.4 is 9.47 Å². The number of carbonyl (C=O) groups is 3. The number of rotatable bonds is 11. The number of nitrogens with zero attached hydrogens (tertiary/aromatic N) is 1. The van der Waals surface area contributed by atoms with E-state index in [4.69, 9.17) is 32.8 Å². The number of benzene rings is 1. The molecule has 0 spiro atoms. The molecular formula is C33H39NO11. The molecular weight excluding hydrogens is 586 g/mol. The highest BCUT2D eigenvalue weighted by Crippen LogP contribution is 2.52. The number of esters is 3. The van der Waals surface area contributed by atoms with E-state index in [2.05, 4.69) is 4.90 Å². The molecule has 0 radical (unpaired) electrons. The van der Waals surface area contributed by atoms with E-state index in [9.17, 15) is 19.5 Å². The van der Waals surface area contributed by atoms with Gasteiger partial charge >= 0.3 is 17.9 Å². The standard InChI is InChI=1S/C33H39NO11/c1-32(2,45-30(36)22-7-5-14-41-22)10-6-11-33(38,17-25(35)39-3)31(37)44-29-26-21-16-24-23(42-18-43-24)15-19(21)8-12-34-13-9-20(27(26)34)28(29)40-4/h5,7,14-16,26-27,29,38H,6,8-13,17-18H2,1-4H3. The van der Waals surface area contributed by atoms with Crippen LogP contribution >= 0.6 is 0 Å². The van der Waals surface area contributed by atoms with Crippen LogP contribution in [0.25, 0.3) is 0 Å². The minimum atomic E-state index is -2.20. The van der Waals surface area contributed by atoms with Gasteiger partial charge in [-0.3, -0.25) is 9.69 Å². The van der Waals surface area contributed by atoms with Crippen molar-refractivity contribution in [2.75, 3.05) is 34.1 Å². The number of furan rings is 1. The highest BCUT2D eigenvalue weighted by Gasteiger charge is 2.55. The monoisotopic (exact) mass is 625 g/mol. The second kappa shape index (κ2) is 12.1. The summed E-state index contributed by atoms with van der Waals surface area (Å²) in [5.74, 6) is -0.680. The number of fused-ring (bicyclic) bond motifs is 3. The molecule has 1 aromatic carbocycles. The molecule has 0 bridgehead atoms. The molecule has 3 aliphatic heterocycles. The third kappa shape index (κ3) is 5.88. The summed E-state index contributed by atoms with van der Waals surface area (Å²) >= 11 is 0. The molecule has 4 atom stereocenters. The highest BCUT2D eigenvalue weighted by atomic mass is 16.7. The molecule has 1 saturated heterocycles. The van der Waals surface area contributed by atoms with Gasteiger partial charge in [0.2, 0.25) is 12.6 Å². The van der Waals surface area contributed by atoms with Crippen LogP contribution in [-0.2, 0) is 35.0 Å². The molecule has 6 rings (SSSR count). The van der Waals surface area contributed by atoms with Crippen molar-refractivity contribution in [2.24, 2.45) is 0 Å². The lowest BCUT2D eigenvalue weighted by Crippen LogP contribution is -2.46. The Balaban J connectivity index is 1.24. The van der Waals surface area contributed by atoms with Crippen LogP contribution in [0.5, 0.6) is 11.5 Å². The van der Waals surface area contributed by atoms with Crippen LogP contribution in [0.4, 0.5) is 0 Å². The van der Waals surface area contributed by atoms with E-state index < -0.39 is 41.6 Å². The summed E-state index contributed by atoms with van der Waals surface area (Å²) in [5, 5.41) is 11.7. The molecule has 242 valence electrons. The van der Waals surface area contributed by atoms with Gasteiger partial charge in [-0.05, 0) is 86.9 Å². The zero-order chi connectivity index (χ0) is 31.9. The largest absolute Gasteiger partial charge is 0.497 e. The maximum atomic E-state index is 14.0. The van der Waals surface area contributed by atoms with Gasteiger partial charge < -0.3 is 37.9 Å². The second-order valence-electron chi connectivity index (χ2n) is 12.6. The smallest absolute Gasteiger partial charge is 0.374 e. The maximum Gasteiger partial charge on any atom is 0.374 e. The van der Waals surface area contributed by atoms with Gasteiger partial charge in [0.05, 0.1) is 26.9 Å². The predicted molar refractivity (Wildman–Crippen MR) is 157 cm³/mol. The summed E-state index contributed by atoms with van der Waals surface area (Å²) in [4.78, 5) is 41.2. The minimum absolute atomic E-state index is 0.0438. The molecule has 1 aromatic heterocycles. The van der Waals surface area contributed by atoms with Crippen molar-refractivity contribution in [3.63, 3.8) is 0 Å². The predicted octanol–water partition coefficient (Wildman–Crippen LogP) is 3.65. The average molecular weight is 626 g/mol. The van der Waals surface area contributed by atoms with Gasteiger partial charge in [-0.1, -0.05) is 0 Å². The van der Waals surface area contributed by atoms with E-state index in [1.807, 2.05) is 12.1 Å². The molecule has 12 nitrogen and oxygen atoms in total. The summed E-state index contributed by atoms with van der Waals surface area (Å²) in [6.07, 6.45) is 1.89. The molecule has 2 aromatic rings. The Labute approximate surface area is 261 Å². The number of ether oxygens (including phenoxy) is 6. The van der Waals surface area contributed by atoms with E-state index in [0.29, 0.717) is 17.3 Å². The Kier molecular flexibility index (Phi) is 8.30. The van der Waals surface area contributed by atoms with E-state index in [-0.39, 0.29) is 43.8 Å². The molecule has 0 saturated carbocycles. The van der Waals surface area contributed by atoms with Crippen molar-refractivity contribution in [1.82, 2.24) is 4.90 Å². The van der Waals surface area contributed by atoms with E-state index in [0.717, 1.165) is 42.6 Å². The molecule has 4 unspecified atom stereocenters. The minimum Gasteiger partial charge on any atom is -0.497 e. The van der Waals surface area contributed by atoms with Crippen molar-refractivity contribution < 1.29 is 52.3 Å². The van der Waals surface area contributed by atoms with E-state index in [1.165, 1.54) is 19.4 Å². The van der Waals surface area contributed by atoms with Crippen LogP contribution in [0, 0.1) is 0 Å². The third-order valence-electron chi connectivity index (χ3n) is 9.28. The first kappa shape index (κ1) is 31.0. The van der Waals surface area contributed by atoms with Gasteiger partial charge in [0, 0.05) is 25.0 Å². The average Bonchev–Trinajstić information content (AvgIpc) is 3.79. The molecule has 1 N–H and O–H groups in total. The quantitative estimate of drug-likeness (QED) is 0.288. The zero-order valence-corrected chi connectivity index (χ0v) is 26.0. The van der Waals surface area contributed by atoms with Gasteiger partial charge in [0.15, 0.2) is 23.2 Å². The first-order valence-electron chi connectivity index (χ1n) is 15.2. The molecule has 45 heavy (non-hydrogen) atoms. The molecule has 0 amide bonds. The molecule has 4 aliphatic rings. The van der Waals surface area contributed by atoms with Crippen molar-refractivity contribution in [3.8, 4) is 11.5 Å². The topological polar surface area (TPSA) is 143 Å². The fourth-order valence-electron chi connectivity index (χ4n) is 7.10. The van der Waals surface area contributed by atoms with Crippen molar-refractivity contribution in [1.29, 1.82) is 0 Å². The van der Waals surface area contributed by atoms with Crippen LogP contribution in [-0.4, -0.2) is 85.4 Å². The Bertz CT molecular complexity index is 1500. The van der Waals surface area contributed by atoms with Crippen molar-refractivity contribution >= 4 is 17.9 Å². The van der Waals surface area contributed by atoms with Crippen molar-refractivity contribution in [2.45, 2.75) is 81.6 Å².